The number of nitrogens with one attached hydrogen (secondary N) is 3. The van der Waals surface area contributed by atoms with Crippen LogP contribution >= 0.6 is 25.3 Å². The molecule has 11 nitrogen and oxygen atoms in total. The van der Waals surface area contributed by atoms with E-state index in [1.54, 1.807) is 12.1 Å². The lowest BCUT2D eigenvalue weighted by molar-refractivity contribution is -0.142. The van der Waals surface area contributed by atoms with E-state index in [2.05, 4.69) is 41.2 Å². The second kappa shape index (κ2) is 15.4. The van der Waals surface area contributed by atoms with Gasteiger partial charge in [-0.2, -0.15) is 25.3 Å². The van der Waals surface area contributed by atoms with Gasteiger partial charge in [-0.1, -0.05) is 12.1 Å². The van der Waals surface area contributed by atoms with Crippen LogP contribution in [-0.4, -0.2) is 76.1 Å². The van der Waals surface area contributed by atoms with Crippen LogP contribution in [0.1, 0.15) is 24.8 Å². The van der Waals surface area contributed by atoms with Gasteiger partial charge in [-0.25, -0.2) is 4.79 Å². The molecule has 190 valence electrons. The third-order valence-electron chi connectivity index (χ3n) is 4.92. The average molecular weight is 516 g/mol. The molecule has 1 aromatic rings. The predicted octanol–water partition coefficient (Wildman–Crippen LogP) is -1.21. The Labute approximate surface area is 209 Å². The van der Waals surface area contributed by atoms with Crippen molar-refractivity contribution >= 4 is 48.9 Å². The van der Waals surface area contributed by atoms with E-state index in [9.17, 15) is 29.4 Å². The molecule has 0 fully saturated rings. The Morgan fingerprint density at radius 1 is 0.853 bits per heavy atom. The van der Waals surface area contributed by atoms with Crippen LogP contribution < -0.4 is 27.4 Å². The van der Waals surface area contributed by atoms with Crippen molar-refractivity contribution in [1.29, 1.82) is 0 Å². The summed E-state index contributed by atoms with van der Waals surface area (Å²) >= 11 is 8.16. The highest BCUT2D eigenvalue weighted by molar-refractivity contribution is 7.80. The van der Waals surface area contributed by atoms with Gasteiger partial charge in [0.1, 0.15) is 23.9 Å². The molecule has 0 saturated heterocycles. The standard InChI is InChI=1S/C21H33N5O6S2/c22-8-2-1-3-15(21(31)32)24-19(29)17(11-34)26-20(30)16(10-33)25-18(28)14(23)9-12-4-6-13(27)7-5-12/h4-7,14-17,27,33-34H,1-3,8-11,22-23H2,(H,24,29)(H,25,28)(H,26,30)(H,31,32). The van der Waals surface area contributed by atoms with Crippen LogP contribution in [0.4, 0.5) is 0 Å². The molecule has 1 aromatic carbocycles. The maximum Gasteiger partial charge on any atom is 0.326 e. The topological polar surface area (TPSA) is 197 Å². The molecule has 0 aliphatic heterocycles. The first-order chi connectivity index (χ1) is 16.1. The summed E-state index contributed by atoms with van der Waals surface area (Å²) in [5.74, 6) is -3.28. The lowest BCUT2D eigenvalue weighted by atomic mass is 10.1. The summed E-state index contributed by atoms with van der Waals surface area (Å²) in [5.41, 5.74) is 12.1. The molecule has 0 bridgehead atoms. The minimum Gasteiger partial charge on any atom is -0.508 e. The summed E-state index contributed by atoms with van der Waals surface area (Å²) in [7, 11) is 0. The highest BCUT2D eigenvalue weighted by Crippen LogP contribution is 2.11. The molecule has 4 atom stereocenters. The van der Waals surface area contributed by atoms with Crippen molar-refractivity contribution in [3.63, 3.8) is 0 Å². The molecule has 0 saturated carbocycles. The van der Waals surface area contributed by atoms with Crippen LogP contribution in [0, 0.1) is 0 Å². The number of carboxylic acids is 1. The van der Waals surface area contributed by atoms with E-state index in [0.29, 0.717) is 19.4 Å². The van der Waals surface area contributed by atoms with Gasteiger partial charge in [0.2, 0.25) is 17.7 Å². The van der Waals surface area contributed by atoms with Crippen molar-refractivity contribution < 1.29 is 29.4 Å². The number of hydrogen-bond acceptors (Lipinski definition) is 9. The summed E-state index contributed by atoms with van der Waals surface area (Å²) in [4.78, 5) is 49.0. The number of thiol groups is 2. The summed E-state index contributed by atoms with van der Waals surface area (Å²) in [6.07, 6.45) is 1.50. The van der Waals surface area contributed by atoms with Gasteiger partial charge in [0.05, 0.1) is 6.04 Å². The van der Waals surface area contributed by atoms with E-state index in [4.69, 9.17) is 11.5 Å². The third-order valence-corrected chi connectivity index (χ3v) is 5.65. The first-order valence-electron chi connectivity index (χ1n) is 10.7. The molecule has 0 radical (unpaired) electrons. The Bertz CT molecular complexity index is 826. The smallest absolute Gasteiger partial charge is 0.326 e. The fourth-order valence-corrected chi connectivity index (χ4v) is 3.45. The molecule has 13 heteroatoms. The van der Waals surface area contributed by atoms with Crippen molar-refractivity contribution in [2.45, 2.75) is 49.9 Å². The SMILES string of the molecule is NCCCCC(NC(=O)C(CS)NC(=O)C(CS)NC(=O)C(N)Cc1ccc(O)cc1)C(=O)O. The molecule has 0 aliphatic carbocycles. The largest absolute Gasteiger partial charge is 0.508 e. The zero-order valence-corrected chi connectivity index (χ0v) is 20.4. The molecule has 4 unspecified atom stereocenters. The number of nitrogens with two attached hydrogens (primary N) is 2. The van der Waals surface area contributed by atoms with E-state index >= 15 is 0 Å². The molecule has 0 spiro atoms. The molecular formula is C21H33N5O6S2. The quantitative estimate of drug-likeness (QED) is 0.102. The van der Waals surface area contributed by atoms with Crippen LogP contribution in [0.5, 0.6) is 5.75 Å². The molecule has 34 heavy (non-hydrogen) atoms. The number of benzene rings is 1. The molecule has 3 amide bonds. The fourth-order valence-electron chi connectivity index (χ4n) is 2.94. The zero-order chi connectivity index (χ0) is 25.7. The minimum absolute atomic E-state index is 0.0682. The number of amides is 3. The van der Waals surface area contributed by atoms with Gasteiger partial charge in [0, 0.05) is 11.5 Å². The van der Waals surface area contributed by atoms with E-state index < -0.39 is 47.9 Å². The van der Waals surface area contributed by atoms with Crippen LogP contribution in [0.15, 0.2) is 24.3 Å². The Morgan fingerprint density at radius 3 is 1.82 bits per heavy atom. The Morgan fingerprint density at radius 2 is 1.35 bits per heavy atom. The predicted molar refractivity (Wildman–Crippen MR) is 134 cm³/mol. The molecule has 1 rings (SSSR count). The van der Waals surface area contributed by atoms with Crippen molar-refractivity contribution in [2.24, 2.45) is 11.5 Å². The van der Waals surface area contributed by atoms with Crippen molar-refractivity contribution in [1.82, 2.24) is 16.0 Å². The van der Waals surface area contributed by atoms with Gasteiger partial charge in [0.15, 0.2) is 0 Å². The first-order valence-corrected chi connectivity index (χ1v) is 12.0. The van der Waals surface area contributed by atoms with Crippen molar-refractivity contribution in [2.75, 3.05) is 18.1 Å². The number of phenolic OH excluding ortho intramolecular Hbond substituents is 1. The fraction of sp³-hybridized carbons (Fsp3) is 0.524. The van der Waals surface area contributed by atoms with E-state index in [-0.39, 0.29) is 30.1 Å². The average Bonchev–Trinajstić information content (AvgIpc) is 2.81. The van der Waals surface area contributed by atoms with Crippen LogP contribution in [-0.2, 0) is 25.6 Å². The summed E-state index contributed by atoms with van der Waals surface area (Å²) in [5, 5.41) is 26.0. The molecule has 0 heterocycles. The third kappa shape index (κ3) is 10.2. The van der Waals surface area contributed by atoms with E-state index in [0.717, 1.165) is 5.56 Å². The van der Waals surface area contributed by atoms with E-state index in [1.807, 2.05) is 0 Å². The second-order valence-corrected chi connectivity index (χ2v) is 8.38. The number of aliphatic carboxylic acids is 1. The Hall–Kier alpha value is -2.48. The maximum atomic E-state index is 12.6. The van der Waals surface area contributed by atoms with Gasteiger partial charge in [-0.05, 0) is 49.9 Å². The van der Waals surface area contributed by atoms with Crippen molar-refractivity contribution in [3.05, 3.63) is 29.8 Å². The highest BCUT2D eigenvalue weighted by Gasteiger charge is 2.29. The van der Waals surface area contributed by atoms with Crippen LogP contribution in [0.2, 0.25) is 0 Å². The second-order valence-electron chi connectivity index (χ2n) is 7.65. The maximum absolute atomic E-state index is 12.6. The minimum atomic E-state index is -1.20. The van der Waals surface area contributed by atoms with Gasteiger partial charge < -0.3 is 37.6 Å². The van der Waals surface area contributed by atoms with Crippen molar-refractivity contribution in [3.8, 4) is 5.75 Å². The summed E-state index contributed by atoms with van der Waals surface area (Å²) in [6.45, 7) is 0.408. The Kier molecular flexibility index (Phi) is 13.4. The number of carboxylic acid groups (broad SMARTS) is 1. The number of unbranched alkanes of at least 4 members (excludes halogenated alkanes) is 1. The molecule has 0 aliphatic rings. The lowest BCUT2D eigenvalue weighted by Gasteiger charge is -2.23. The number of rotatable bonds is 15. The van der Waals surface area contributed by atoms with Gasteiger partial charge >= 0.3 is 5.97 Å². The summed E-state index contributed by atoms with van der Waals surface area (Å²) < 4.78 is 0. The highest BCUT2D eigenvalue weighted by atomic mass is 32.1. The number of hydrogen-bond donors (Lipinski definition) is 9. The number of aromatic hydroxyl groups is 1. The van der Waals surface area contributed by atoms with Crippen LogP contribution in [0.25, 0.3) is 0 Å². The number of phenols is 1. The first kappa shape index (κ1) is 29.6. The number of carbonyl (C=O) groups excluding carboxylic acids is 3. The molecular weight excluding hydrogens is 482 g/mol. The Balaban J connectivity index is 2.69. The normalized spacial score (nSPS) is 14.4. The van der Waals surface area contributed by atoms with Gasteiger partial charge in [0.25, 0.3) is 0 Å². The molecule has 9 N–H and O–H groups in total. The molecule has 0 aromatic heterocycles. The summed E-state index contributed by atoms with van der Waals surface area (Å²) in [6, 6.07) is 1.89. The monoisotopic (exact) mass is 515 g/mol. The zero-order valence-electron chi connectivity index (χ0n) is 18.6. The lowest BCUT2D eigenvalue weighted by Crippen LogP contribution is -2.58. The van der Waals surface area contributed by atoms with Gasteiger partial charge in [-0.15, -0.1) is 0 Å². The number of carbonyl (C=O) groups is 4. The van der Waals surface area contributed by atoms with E-state index in [1.165, 1.54) is 12.1 Å². The van der Waals surface area contributed by atoms with Crippen LogP contribution in [0.3, 0.4) is 0 Å². The van der Waals surface area contributed by atoms with Gasteiger partial charge in [-0.3, -0.25) is 14.4 Å².